The molecule has 4 aromatic carbocycles. The van der Waals surface area contributed by atoms with Crippen molar-refractivity contribution in [3.8, 4) is 22.9 Å². The molecule has 0 aliphatic heterocycles. The van der Waals surface area contributed by atoms with Crippen molar-refractivity contribution < 1.29 is 110 Å². The second-order valence-corrected chi connectivity index (χ2v) is 12.4. The molecule has 6 aromatic rings. The molecule has 21 nitrogen and oxygen atoms in total. The number of hydrogen-bond acceptors (Lipinski definition) is 14. The van der Waals surface area contributed by atoms with Crippen LogP contribution in [-0.4, -0.2) is 52.6 Å². The summed E-state index contributed by atoms with van der Waals surface area (Å²) < 4.78 is 34.3. The number of nitrogens with one attached hydrogen (secondary N) is 2. The van der Waals surface area contributed by atoms with Crippen molar-refractivity contribution in [2.75, 3.05) is 0 Å². The van der Waals surface area contributed by atoms with Gasteiger partial charge in [-0.1, -0.05) is 36.4 Å². The molecule has 5 N–H and O–H groups in total. The minimum atomic E-state index is -4.82. The van der Waals surface area contributed by atoms with Gasteiger partial charge in [-0.25, -0.2) is 9.36 Å². The predicted octanol–water partition coefficient (Wildman–Crippen LogP) is 0.259. The zero-order valence-electron chi connectivity index (χ0n) is 30.2. The second-order valence-electron chi connectivity index (χ2n) is 11.0. The van der Waals surface area contributed by atoms with Crippen molar-refractivity contribution in [2.45, 2.75) is 18.7 Å². The SMILES string of the molecule is Cc1[nH]n(-c2ccccc2)c(=O)c1N=Nc1cc(S(=O)(=O)O)cc([N+](=O)[O-])c1O.Cc1[nH]n(-c2ccccc2)c(=O)c1N=Nc1cc([N+](=O)[O-])ccc1O.[Cr].[Na+].[Na+]. The molecule has 0 radical (unpaired) electrons. The average molecular weight is 857 g/mol. The Morgan fingerprint density at radius 2 is 1.12 bits per heavy atom. The van der Waals surface area contributed by atoms with Gasteiger partial charge >= 0.3 is 64.8 Å². The van der Waals surface area contributed by atoms with E-state index in [0.717, 1.165) is 18.2 Å². The molecule has 2 aromatic heterocycles. The molecule has 0 spiro atoms. The third-order valence-corrected chi connectivity index (χ3v) is 8.16. The summed E-state index contributed by atoms with van der Waals surface area (Å²) in [6.45, 7) is 3.19. The van der Waals surface area contributed by atoms with E-state index in [2.05, 4.69) is 30.7 Å². The molecule has 0 bridgehead atoms. The molecule has 0 amide bonds. The van der Waals surface area contributed by atoms with Gasteiger partial charge in [0.1, 0.15) is 22.0 Å². The Balaban J connectivity index is 0.000000377. The van der Waals surface area contributed by atoms with Gasteiger partial charge in [0.05, 0.1) is 32.6 Å². The van der Waals surface area contributed by atoms with Crippen LogP contribution in [0.15, 0.2) is 126 Å². The molecule has 0 aliphatic carbocycles. The van der Waals surface area contributed by atoms with Crippen molar-refractivity contribution in [3.63, 3.8) is 0 Å². The molecular weight excluding hydrogens is 830 g/mol. The van der Waals surface area contributed by atoms with E-state index in [1.807, 2.05) is 6.07 Å². The number of rotatable bonds is 9. The molecule has 282 valence electrons. The molecule has 0 saturated carbocycles. The van der Waals surface area contributed by atoms with Crippen LogP contribution in [0.3, 0.4) is 0 Å². The number of benzene rings is 4. The first-order valence-corrected chi connectivity index (χ1v) is 16.5. The van der Waals surface area contributed by atoms with E-state index >= 15 is 0 Å². The largest absolute Gasteiger partial charge is 1.00 e. The normalized spacial score (nSPS) is 10.9. The third-order valence-electron chi connectivity index (χ3n) is 7.33. The molecule has 57 heavy (non-hydrogen) atoms. The van der Waals surface area contributed by atoms with Crippen LogP contribution in [0.4, 0.5) is 34.1 Å². The van der Waals surface area contributed by atoms with Crippen molar-refractivity contribution in [2.24, 2.45) is 20.5 Å². The van der Waals surface area contributed by atoms with Crippen LogP contribution in [0.5, 0.6) is 11.5 Å². The predicted molar refractivity (Wildman–Crippen MR) is 190 cm³/mol. The zero-order chi connectivity index (χ0) is 39.3. The van der Waals surface area contributed by atoms with Crippen molar-refractivity contribution >= 4 is 44.2 Å². The summed E-state index contributed by atoms with van der Waals surface area (Å²) in [6, 6.07) is 22.0. The maximum absolute atomic E-state index is 12.6. The van der Waals surface area contributed by atoms with Crippen LogP contribution in [0.2, 0.25) is 0 Å². The van der Waals surface area contributed by atoms with E-state index in [1.165, 1.54) is 16.3 Å². The molecule has 6 rings (SSSR count). The van der Waals surface area contributed by atoms with Gasteiger partial charge in [0.25, 0.3) is 26.9 Å². The van der Waals surface area contributed by atoms with Crippen LogP contribution in [0, 0.1) is 34.1 Å². The van der Waals surface area contributed by atoms with Crippen LogP contribution >= 0.6 is 0 Å². The van der Waals surface area contributed by atoms with Crippen LogP contribution < -0.4 is 70.2 Å². The molecule has 0 aliphatic rings. The average Bonchev–Trinajstić information content (AvgIpc) is 3.59. The first-order chi connectivity index (χ1) is 25.6. The number of para-hydroxylation sites is 2. The minimum Gasteiger partial charge on any atom is -0.506 e. The van der Waals surface area contributed by atoms with Gasteiger partial charge in [0.2, 0.25) is 5.75 Å². The number of nitrogens with zero attached hydrogens (tertiary/aromatic N) is 8. The van der Waals surface area contributed by atoms with Gasteiger partial charge in [-0.15, -0.1) is 20.5 Å². The van der Waals surface area contributed by atoms with Crippen molar-refractivity contribution in [3.05, 3.63) is 143 Å². The Kier molecular flexibility index (Phi) is 17.2. The van der Waals surface area contributed by atoms with Gasteiger partial charge < -0.3 is 10.2 Å². The van der Waals surface area contributed by atoms with Gasteiger partial charge in [0, 0.05) is 35.6 Å². The van der Waals surface area contributed by atoms with Gasteiger partial charge in [-0.2, -0.15) is 8.42 Å². The molecule has 2 heterocycles. The van der Waals surface area contributed by atoms with Crippen LogP contribution in [0.1, 0.15) is 11.4 Å². The van der Waals surface area contributed by atoms with E-state index in [0.29, 0.717) is 34.9 Å². The Hall–Kier alpha value is -5.06. The summed E-state index contributed by atoms with van der Waals surface area (Å²) in [5.74, 6) is -1.24. The van der Waals surface area contributed by atoms with Gasteiger partial charge in [0.15, 0.2) is 11.4 Å². The molecule has 25 heteroatoms. The maximum Gasteiger partial charge on any atom is 1.00 e. The standard InChI is InChI=1S/C16H13N5O7S.C16H13N5O4.Cr.2Na/c1-9-14(16(23)20(19-9)10-5-3-2-4-6-10)18-17-12-7-11(29(26,27)28)8-13(15(12)22)21(24)25;1-10-15(16(23)20(19-10)11-5-3-2-4-6-11)18-17-13-9-12(21(24)25)7-8-14(13)22;;;/h2-8,19,22H,1H3,(H,26,27,28);2-9,19,22H,1H3;;;/q;;;2*+1. The van der Waals surface area contributed by atoms with E-state index in [1.54, 1.807) is 61.5 Å². The number of nitro groups is 2. The zero-order valence-corrected chi connectivity index (χ0v) is 36.3. The summed E-state index contributed by atoms with van der Waals surface area (Å²) in [4.78, 5) is 44.4. The first-order valence-electron chi connectivity index (χ1n) is 15.1. The van der Waals surface area contributed by atoms with Gasteiger partial charge in [-0.05, 0) is 50.2 Å². The fourth-order valence-electron chi connectivity index (χ4n) is 4.69. The number of aryl methyl sites for hydroxylation is 2. The summed E-state index contributed by atoms with van der Waals surface area (Å²) in [5, 5.41) is 62.2. The number of non-ortho nitro benzene ring substituents is 1. The van der Waals surface area contributed by atoms with Gasteiger partial charge in [-0.3, -0.25) is 44.6 Å². The quantitative estimate of drug-likeness (QED) is 0.0432. The summed E-state index contributed by atoms with van der Waals surface area (Å²) in [5.41, 5.74) is -1.12. The number of aromatic nitrogens is 4. The molecule has 0 fully saturated rings. The first kappa shape index (κ1) is 48.1. The van der Waals surface area contributed by atoms with E-state index < -0.39 is 53.1 Å². The van der Waals surface area contributed by atoms with Crippen molar-refractivity contribution in [1.29, 1.82) is 0 Å². The molecule has 0 unspecified atom stereocenters. The third kappa shape index (κ3) is 11.3. The number of phenolic OH excluding ortho intramolecular Hbond substituents is 2. The molecular formula is C32H26CrN10Na2O11S+2. The Morgan fingerprint density at radius 3 is 1.54 bits per heavy atom. The number of H-pyrrole nitrogens is 2. The van der Waals surface area contributed by atoms with Crippen LogP contribution in [-0.2, 0) is 27.5 Å². The number of aromatic amines is 2. The molecule has 0 saturated heterocycles. The van der Waals surface area contributed by atoms with E-state index in [4.69, 9.17) is 4.55 Å². The number of aromatic hydroxyl groups is 2. The number of phenols is 2. The number of hydrogen-bond donors (Lipinski definition) is 5. The molecule has 0 atom stereocenters. The fraction of sp³-hybridized carbons (Fsp3) is 0.0625. The smallest absolute Gasteiger partial charge is 0.506 e. The summed E-state index contributed by atoms with van der Waals surface area (Å²) in [6.07, 6.45) is 0. The fourth-order valence-corrected chi connectivity index (χ4v) is 5.21. The minimum absolute atomic E-state index is 0. The topological polar surface area (TPSA) is 306 Å². The Labute approximate surface area is 375 Å². The monoisotopic (exact) mass is 856 g/mol. The summed E-state index contributed by atoms with van der Waals surface area (Å²) in [7, 11) is -4.82. The summed E-state index contributed by atoms with van der Waals surface area (Å²) >= 11 is 0. The van der Waals surface area contributed by atoms with E-state index in [-0.39, 0.29) is 105 Å². The Morgan fingerprint density at radius 1 is 0.667 bits per heavy atom. The second kappa shape index (κ2) is 20.4. The van der Waals surface area contributed by atoms with E-state index in [9.17, 15) is 48.4 Å². The maximum atomic E-state index is 12.6. The number of nitro benzene ring substituents is 2. The van der Waals surface area contributed by atoms with Crippen LogP contribution in [0.25, 0.3) is 11.4 Å². The number of azo groups is 2. The Bertz CT molecular complexity index is 2700. The van der Waals surface area contributed by atoms with Crippen molar-refractivity contribution in [1.82, 2.24) is 19.6 Å².